The molecular formula is C32H42N4O5. The second-order valence-electron chi connectivity index (χ2n) is 11.8. The van der Waals surface area contributed by atoms with E-state index in [1.165, 1.54) is 12.8 Å². The van der Waals surface area contributed by atoms with E-state index in [-0.39, 0.29) is 24.0 Å². The number of rotatable bonds is 7. The molecule has 4 rings (SSSR count). The second kappa shape index (κ2) is 13.2. The van der Waals surface area contributed by atoms with Gasteiger partial charge in [-0.3, -0.25) is 10.1 Å². The average Bonchev–Trinajstić information content (AvgIpc) is 3.45. The lowest BCUT2D eigenvalue weighted by molar-refractivity contribution is -0.115. The maximum atomic E-state index is 12.4. The molecule has 1 aromatic carbocycles. The van der Waals surface area contributed by atoms with Gasteiger partial charge in [-0.25, -0.2) is 14.8 Å². The molecule has 2 aliphatic carbocycles. The number of nitrogens with one attached hydrogen (secondary N) is 2. The number of carbonyl (C=O) groups is 2. The zero-order valence-corrected chi connectivity index (χ0v) is 24.8. The highest BCUT2D eigenvalue weighted by atomic mass is 16.6. The van der Waals surface area contributed by atoms with Gasteiger partial charge in [-0.1, -0.05) is 24.8 Å². The van der Waals surface area contributed by atoms with Crippen molar-refractivity contribution in [3.8, 4) is 23.3 Å². The highest BCUT2D eigenvalue weighted by molar-refractivity contribution is 5.88. The van der Waals surface area contributed by atoms with Crippen molar-refractivity contribution in [3.05, 3.63) is 41.7 Å². The van der Waals surface area contributed by atoms with Gasteiger partial charge in [-0.15, -0.1) is 0 Å². The third-order valence-corrected chi connectivity index (χ3v) is 7.54. The van der Waals surface area contributed by atoms with E-state index >= 15 is 0 Å². The summed E-state index contributed by atoms with van der Waals surface area (Å²) in [6.07, 6.45) is 10.8. The third-order valence-electron chi connectivity index (χ3n) is 7.54. The Morgan fingerprint density at radius 2 is 1.73 bits per heavy atom. The van der Waals surface area contributed by atoms with Crippen LogP contribution in [0, 0.1) is 11.8 Å². The van der Waals surface area contributed by atoms with Crippen LogP contribution in [0.3, 0.4) is 0 Å². The van der Waals surface area contributed by atoms with Crippen molar-refractivity contribution in [1.82, 2.24) is 15.3 Å². The molecule has 2 fully saturated rings. The van der Waals surface area contributed by atoms with Gasteiger partial charge in [0.2, 0.25) is 11.9 Å². The van der Waals surface area contributed by atoms with Gasteiger partial charge in [-0.2, -0.15) is 0 Å². The molecule has 0 aliphatic heterocycles. The van der Waals surface area contributed by atoms with E-state index in [4.69, 9.17) is 14.2 Å². The Balaban J connectivity index is 1.60. The second-order valence-corrected chi connectivity index (χ2v) is 11.8. The van der Waals surface area contributed by atoms with Crippen LogP contribution in [0.25, 0.3) is 0 Å². The number of alkyl carbamates (subject to hydrolysis) is 1. The lowest BCUT2D eigenvalue weighted by Gasteiger charge is -2.37. The fraction of sp³-hybridized carbons (Fsp3) is 0.562. The van der Waals surface area contributed by atoms with E-state index < -0.39 is 17.1 Å². The van der Waals surface area contributed by atoms with Crippen LogP contribution in [0.4, 0.5) is 10.7 Å². The Hall–Kier alpha value is -3.80. The van der Waals surface area contributed by atoms with Gasteiger partial charge < -0.3 is 19.5 Å². The third kappa shape index (κ3) is 8.35. The Morgan fingerprint density at radius 1 is 1.05 bits per heavy atom. The van der Waals surface area contributed by atoms with Gasteiger partial charge in [0, 0.05) is 24.9 Å². The van der Waals surface area contributed by atoms with Gasteiger partial charge in [0.15, 0.2) is 11.5 Å². The molecule has 1 aromatic heterocycles. The number of amides is 2. The normalized spacial score (nSPS) is 20.9. The number of hydrogen-bond acceptors (Lipinski definition) is 7. The number of methoxy groups -OCH3 is 1. The smallest absolute Gasteiger partial charge is 0.407 e. The summed E-state index contributed by atoms with van der Waals surface area (Å²) >= 11 is 0. The summed E-state index contributed by atoms with van der Waals surface area (Å²) in [5.41, 5.74) is 0.691. The standard InChI is InChI=1S/C32H42N4O5/c1-6-28(37)36-29-33-20-22(21-34-29)13-16-32(17-14-24(15-18-32)35-30(38)41-31(2,3)4)23-11-12-26(39-5)27(19-23)40-25-9-7-8-10-25/h11-12,19-21,24-25H,6-10,14-15,17-18H2,1-5H3,(H,35,38)(H,33,34,36,37)/t24-,32+. The first-order valence-electron chi connectivity index (χ1n) is 14.6. The van der Waals surface area contributed by atoms with Gasteiger partial charge >= 0.3 is 6.09 Å². The molecule has 9 nitrogen and oxygen atoms in total. The minimum atomic E-state index is -0.552. The predicted octanol–water partition coefficient (Wildman–Crippen LogP) is 5.91. The molecule has 0 spiro atoms. The Bertz CT molecular complexity index is 1260. The van der Waals surface area contributed by atoms with Crippen molar-refractivity contribution in [2.45, 2.75) is 109 Å². The van der Waals surface area contributed by atoms with Crippen molar-refractivity contribution in [1.29, 1.82) is 0 Å². The van der Waals surface area contributed by atoms with Crippen molar-refractivity contribution in [3.63, 3.8) is 0 Å². The predicted molar refractivity (Wildman–Crippen MR) is 157 cm³/mol. The summed E-state index contributed by atoms with van der Waals surface area (Å²) in [5, 5.41) is 5.69. The first-order chi connectivity index (χ1) is 19.6. The minimum Gasteiger partial charge on any atom is -0.493 e. The molecule has 41 heavy (non-hydrogen) atoms. The molecule has 9 heteroatoms. The van der Waals surface area contributed by atoms with Crippen LogP contribution in [0.1, 0.15) is 96.6 Å². The molecule has 2 aromatic rings. The van der Waals surface area contributed by atoms with Gasteiger partial charge in [-0.05, 0) is 89.8 Å². The molecule has 220 valence electrons. The van der Waals surface area contributed by atoms with Crippen LogP contribution in [-0.4, -0.2) is 46.8 Å². The van der Waals surface area contributed by atoms with Crippen LogP contribution >= 0.6 is 0 Å². The maximum absolute atomic E-state index is 12.4. The fourth-order valence-electron chi connectivity index (χ4n) is 5.33. The Kier molecular flexibility index (Phi) is 9.74. The van der Waals surface area contributed by atoms with Crippen LogP contribution in [-0.2, 0) is 14.9 Å². The van der Waals surface area contributed by atoms with Gasteiger partial charge in [0.1, 0.15) is 5.60 Å². The summed E-state index contributed by atoms with van der Waals surface area (Å²) in [4.78, 5) is 32.6. The Labute approximate surface area is 243 Å². The van der Waals surface area contributed by atoms with Crippen LogP contribution in [0.2, 0.25) is 0 Å². The molecule has 0 saturated heterocycles. The number of hydrogen-bond donors (Lipinski definition) is 2. The monoisotopic (exact) mass is 562 g/mol. The number of benzene rings is 1. The van der Waals surface area contributed by atoms with Gasteiger partial charge in [0.05, 0.1) is 24.2 Å². The fourth-order valence-corrected chi connectivity index (χ4v) is 5.33. The van der Waals surface area contributed by atoms with E-state index in [1.54, 1.807) is 26.4 Å². The number of ether oxygens (including phenoxy) is 3. The molecule has 2 saturated carbocycles. The molecule has 2 N–H and O–H groups in total. The maximum Gasteiger partial charge on any atom is 0.407 e. The van der Waals surface area contributed by atoms with Crippen molar-refractivity contribution < 1.29 is 23.8 Å². The summed E-state index contributed by atoms with van der Waals surface area (Å²) in [5.74, 6) is 8.40. The molecule has 2 aliphatic rings. The lowest BCUT2D eigenvalue weighted by atomic mass is 9.68. The topological polar surface area (TPSA) is 112 Å². The number of anilines is 1. The summed E-state index contributed by atoms with van der Waals surface area (Å²) in [6.45, 7) is 7.35. The van der Waals surface area contributed by atoms with Crippen molar-refractivity contribution >= 4 is 17.9 Å². The van der Waals surface area contributed by atoms with Crippen LogP contribution < -0.4 is 20.1 Å². The van der Waals surface area contributed by atoms with Crippen LogP contribution in [0.15, 0.2) is 30.6 Å². The SMILES string of the molecule is CCC(=O)Nc1ncc(C#C[C@]2(c3ccc(OC)c(OC4CCCC4)c3)CC[C@@H](NC(=O)OC(C)(C)C)CC2)cn1. The Morgan fingerprint density at radius 3 is 2.34 bits per heavy atom. The average molecular weight is 563 g/mol. The molecular weight excluding hydrogens is 520 g/mol. The first-order valence-corrected chi connectivity index (χ1v) is 14.6. The van der Waals surface area contributed by atoms with Crippen LogP contribution in [0.5, 0.6) is 11.5 Å². The van der Waals surface area contributed by atoms with Crippen molar-refractivity contribution in [2.24, 2.45) is 0 Å². The molecule has 0 radical (unpaired) electrons. The lowest BCUT2D eigenvalue weighted by Crippen LogP contribution is -2.43. The highest BCUT2D eigenvalue weighted by Crippen LogP contribution is 2.43. The zero-order valence-electron chi connectivity index (χ0n) is 24.8. The first kappa shape index (κ1) is 30.2. The van der Waals surface area contributed by atoms with Gasteiger partial charge in [0.25, 0.3) is 0 Å². The zero-order chi connectivity index (χ0) is 29.5. The molecule has 2 amide bonds. The molecule has 1 heterocycles. The molecule has 0 unspecified atom stereocenters. The number of carbonyl (C=O) groups excluding carboxylic acids is 2. The molecule has 0 bridgehead atoms. The van der Waals surface area contributed by atoms with Crippen molar-refractivity contribution in [2.75, 3.05) is 12.4 Å². The molecule has 0 atom stereocenters. The summed E-state index contributed by atoms with van der Waals surface area (Å²) in [7, 11) is 1.66. The highest BCUT2D eigenvalue weighted by Gasteiger charge is 2.37. The van der Waals surface area contributed by atoms with E-state index in [1.807, 2.05) is 26.8 Å². The summed E-state index contributed by atoms with van der Waals surface area (Å²) < 4.78 is 17.5. The largest absolute Gasteiger partial charge is 0.493 e. The van der Waals surface area contributed by atoms with E-state index in [0.717, 1.165) is 49.8 Å². The quantitative estimate of drug-likeness (QED) is 0.404. The van der Waals surface area contributed by atoms with E-state index in [2.05, 4.69) is 44.6 Å². The number of nitrogens with zero attached hydrogens (tertiary/aromatic N) is 2. The number of aromatic nitrogens is 2. The van der Waals surface area contributed by atoms with E-state index in [9.17, 15) is 9.59 Å². The van der Waals surface area contributed by atoms with E-state index in [0.29, 0.717) is 17.7 Å². The summed E-state index contributed by atoms with van der Waals surface area (Å²) in [6, 6.07) is 6.10. The minimum absolute atomic E-state index is 0.00275.